The molecule has 0 aromatic carbocycles. The SMILES string of the molecule is CC1CCC(OC(=O)[C@H](C)O)C1. The van der Waals surface area contributed by atoms with Gasteiger partial charge in [-0.15, -0.1) is 0 Å². The Kier molecular flexibility index (Phi) is 3.09. The number of aliphatic hydroxyl groups is 1. The molecular formula is C9H16O3. The number of hydrogen-bond acceptors (Lipinski definition) is 3. The summed E-state index contributed by atoms with van der Waals surface area (Å²) >= 11 is 0. The molecule has 3 heteroatoms. The minimum atomic E-state index is -0.985. The Morgan fingerprint density at radius 1 is 1.58 bits per heavy atom. The van der Waals surface area contributed by atoms with Gasteiger partial charge in [-0.25, -0.2) is 4.79 Å². The van der Waals surface area contributed by atoms with Gasteiger partial charge in [0.1, 0.15) is 12.2 Å². The van der Waals surface area contributed by atoms with Crippen LogP contribution in [-0.2, 0) is 9.53 Å². The maximum atomic E-state index is 10.9. The molecule has 12 heavy (non-hydrogen) atoms. The zero-order chi connectivity index (χ0) is 9.14. The highest BCUT2D eigenvalue weighted by molar-refractivity contribution is 5.73. The van der Waals surface area contributed by atoms with Crippen LogP contribution in [0.2, 0.25) is 0 Å². The van der Waals surface area contributed by atoms with Crippen LogP contribution in [0.25, 0.3) is 0 Å². The Morgan fingerprint density at radius 2 is 2.25 bits per heavy atom. The maximum Gasteiger partial charge on any atom is 0.334 e. The number of hydrogen-bond donors (Lipinski definition) is 1. The summed E-state index contributed by atoms with van der Waals surface area (Å²) in [5, 5.41) is 8.87. The summed E-state index contributed by atoms with van der Waals surface area (Å²) in [4.78, 5) is 10.9. The number of carbonyl (C=O) groups excluding carboxylic acids is 1. The molecule has 0 aliphatic heterocycles. The molecule has 1 saturated carbocycles. The standard InChI is InChI=1S/C9H16O3/c1-6-3-4-8(5-6)12-9(11)7(2)10/h6-8,10H,3-5H2,1-2H3/t6?,7-,8?/m0/s1. The van der Waals surface area contributed by atoms with E-state index in [1.165, 1.54) is 6.92 Å². The topological polar surface area (TPSA) is 46.5 Å². The van der Waals surface area contributed by atoms with E-state index in [9.17, 15) is 4.79 Å². The minimum absolute atomic E-state index is 0.0436. The summed E-state index contributed by atoms with van der Waals surface area (Å²) in [5.41, 5.74) is 0. The van der Waals surface area contributed by atoms with E-state index in [4.69, 9.17) is 9.84 Å². The Balaban J connectivity index is 2.28. The van der Waals surface area contributed by atoms with Gasteiger partial charge in [0.15, 0.2) is 0 Å². The van der Waals surface area contributed by atoms with Crippen LogP contribution < -0.4 is 0 Å². The predicted molar refractivity (Wildman–Crippen MR) is 44.6 cm³/mol. The summed E-state index contributed by atoms with van der Waals surface area (Å²) in [6.45, 7) is 3.58. The smallest absolute Gasteiger partial charge is 0.334 e. The van der Waals surface area contributed by atoms with E-state index in [1.807, 2.05) is 0 Å². The lowest BCUT2D eigenvalue weighted by Gasteiger charge is -2.12. The summed E-state index contributed by atoms with van der Waals surface area (Å²) < 4.78 is 5.05. The van der Waals surface area contributed by atoms with Gasteiger partial charge < -0.3 is 9.84 Å². The number of carbonyl (C=O) groups is 1. The van der Waals surface area contributed by atoms with Gasteiger partial charge in [-0.3, -0.25) is 0 Å². The van der Waals surface area contributed by atoms with E-state index in [1.54, 1.807) is 0 Å². The monoisotopic (exact) mass is 172 g/mol. The average molecular weight is 172 g/mol. The number of ether oxygens (including phenoxy) is 1. The summed E-state index contributed by atoms with van der Waals surface area (Å²) in [6, 6.07) is 0. The molecule has 0 bridgehead atoms. The Bertz CT molecular complexity index is 165. The Hall–Kier alpha value is -0.570. The third-order valence-electron chi connectivity index (χ3n) is 2.27. The molecule has 0 radical (unpaired) electrons. The molecule has 1 rings (SSSR count). The molecule has 0 saturated heterocycles. The van der Waals surface area contributed by atoms with E-state index in [0.29, 0.717) is 5.92 Å². The molecule has 3 nitrogen and oxygen atoms in total. The fraction of sp³-hybridized carbons (Fsp3) is 0.889. The van der Waals surface area contributed by atoms with Crippen LogP contribution in [0.4, 0.5) is 0 Å². The van der Waals surface area contributed by atoms with Crippen molar-refractivity contribution in [2.75, 3.05) is 0 Å². The third-order valence-corrected chi connectivity index (χ3v) is 2.27. The highest BCUT2D eigenvalue weighted by Crippen LogP contribution is 2.27. The van der Waals surface area contributed by atoms with E-state index in [-0.39, 0.29) is 6.10 Å². The van der Waals surface area contributed by atoms with Gasteiger partial charge in [0.2, 0.25) is 0 Å². The van der Waals surface area contributed by atoms with Gasteiger partial charge in [0, 0.05) is 0 Å². The zero-order valence-corrected chi connectivity index (χ0v) is 7.62. The van der Waals surface area contributed by atoms with Crippen LogP contribution >= 0.6 is 0 Å². The van der Waals surface area contributed by atoms with E-state index >= 15 is 0 Å². The molecule has 2 unspecified atom stereocenters. The van der Waals surface area contributed by atoms with Crippen molar-refractivity contribution in [3.8, 4) is 0 Å². The molecule has 1 N–H and O–H groups in total. The van der Waals surface area contributed by atoms with E-state index in [0.717, 1.165) is 19.3 Å². The van der Waals surface area contributed by atoms with Gasteiger partial charge in [-0.2, -0.15) is 0 Å². The van der Waals surface area contributed by atoms with Crippen molar-refractivity contribution in [2.45, 2.75) is 45.3 Å². The van der Waals surface area contributed by atoms with Crippen molar-refractivity contribution in [3.63, 3.8) is 0 Å². The predicted octanol–water partition coefficient (Wildman–Crippen LogP) is 1.10. The molecule has 1 aliphatic rings. The maximum absolute atomic E-state index is 10.9. The lowest BCUT2D eigenvalue weighted by molar-refractivity contribution is -0.157. The minimum Gasteiger partial charge on any atom is -0.460 e. The van der Waals surface area contributed by atoms with Crippen LogP contribution in [0, 0.1) is 5.92 Å². The first-order valence-electron chi connectivity index (χ1n) is 4.48. The molecule has 0 aromatic heterocycles. The molecular weight excluding hydrogens is 156 g/mol. The molecule has 0 spiro atoms. The largest absolute Gasteiger partial charge is 0.460 e. The fourth-order valence-corrected chi connectivity index (χ4v) is 1.52. The molecule has 70 valence electrons. The van der Waals surface area contributed by atoms with Crippen molar-refractivity contribution < 1.29 is 14.6 Å². The van der Waals surface area contributed by atoms with Crippen molar-refractivity contribution >= 4 is 5.97 Å². The van der Waals surface area contributed by atoms with Gasteiger partial charge in [-0.05, 0) is 32.1 Å². The van der Waals surface area contributed by atoms with Crippen molar-refractivity contribution in [2.24, 2.45) is 5.92 Å². The molecule has 1 fully saturated rings. The second-order valence-corrected chi connectivity index (χ2v) is 3.65. The quantitative estimate of drug-likeness (QED) is 0.634. The van der Waals surface area contributed by atoms with Crippen molar-refractivity contribution in [3.05, 3.63) is 0 Å². The number of esters is 1. The first kappa shape index (κ1) is 9.52. The zero-order valence-electron chi connectivity index (χ0n) is 7.62. The van der Waals surface area contributed by atoms with E-state index < -0.39 is 12.1 Å². The fourth-order valence-electron chi connectivity index (χ4n) is 1.52. The normalized spacial score (nSPS) is 31.6. The highest BCUT2D eigenvalue weighted by atomic mass is 16.6. The third kappa shape index (κ3) is 2.48. The van der Waals surface area contributed by atoms with Crippen LogP contribution in [0.15, 0.2) is 0 Å². The molecule has 3 atom stereocenters. The second kappa shape index (κ2) is 3.90. The first-order valence-corrected chi connectivity index (χ1v) is 4.48. The van der Waals surface area contributed by atoms with Crippen LogP contribution in [0.5, 0.6) is 0 Å². The van der Waals surface area contributed by atoms with Gasteiger partial charge >= 0.3 is 5.97 Å². The molecule has 1 aliphatic carbocycles. The summed E-state index contributed by atoms with van der Waals surface area (Å²) in [7, 11) is 0. The number of rotatable bonds is 2. The second-order valence-electron chi connectivity index (χ2n) is 3.65. The van der Waals surface area contributed by atoms with Gasteiger partial charge in [0.05, 0.1) is 0 Å². The lowest BCUT2D eigenvalue weighted by atomic mass is 10.1. The Labute approximate surface area is 72.7 Å². The van der Waals surface area contributed by atoms with Gasteiger partial charge in [0.25, 0.3) is 0 Å². The summed E-state index contributed by atoms with van der Waals surface area (Å²) in [5.74, 6) is 0.158. The molecule has 0 amide bonds. The van der Waals surface area contributed by atoms with Crippen LogP contribution in [-0.4, -0.2) is 23.3 Å². The van der Waals surface area contributed by atoms with Crippen molar-refractivity contribution in [1.82, 2.24) is 0 Å². The Morgan fingerprint density at radius 3 is 2.67 bits per heavy atom. The van der Waals surface area contributed by atoms with Crippen LogP contribution in [0.1, 0.15) is 33.1 Å². The number of aliphatic hydroxyl groups excluding tert-OH is 1. The molecule has 0 heterocycles. The van der Waals surface area contributed by atoms with Gasteiger partial charge in [-0.1, -0.05) is 6.92 Å². The van der Waals surface area contributed by atoms with E-state index in [2.05, 4.69) is 6.92 Å². The average Bonchev–Trinajstić information content (AvgIpc) is 2.35. The summed E-state index contributed by atoms with van der Waals surface area (Å²) in [6.07, 6.45) is 2.07. The lowest BCUT2D eigenvalue weighted by Crippen LogP contribution is -2.24. The molecule has 0 aromatic rings. The van der Waals surface area contributed by atoms with Crippen molar-refractivity contribution in [1.29, 1.82) is 0 Å². The first-order chi connectivity index (χ1) is 5.59. The van der Waals surface area contributed by atoms with Crippen LogP contribution in [0.3, 0.4) is 0 Å². The highest BCUT2D eigenvalue weighted by Gasteiger charge is 2.25.